The normalized spacial score (nSPS) is 19.0. The molecule has 8 heteroatoms. The van der Waals surface area contributed by atoms with Crippen LogP contribution in [0.15, 0.2) is 30.5 Å². The van der Waals surface area contributed by atoms with E-state index in [0.717, 1.165) is 59.1 Å². The quantitative estimate of drug-likeness (QED) is 0.358. The molecular formula is C25H26ClFN4O2. The fraction of sp³-hybridized carbons (Fsp3) is 0.400. The molecule has 0 bridgehead atoms. The zero-order valence-corrected chi connectivity index (χ0v) is 19.6. The Hall–Kier alpha value is -2.93. The Morgan fingerprint density at radius 2 is 2.00 bits per heavy atom. The van der Waals surface area contributed by atoms with E-state index >= 15 is 0 Å². The highest BCUT2D eigenvalue weighted by Crippen LogP contribution is 2.45. The average Bonchev–Trinajstić information content (AvgIpc) is 3.40. The molecule has 0 amide bonds. The molecule has 1 N–H and O–H groups in total. The molecule has 4 aromatic rings. The fourth-order valence-corrected chi connectivity index (χ4v) is 5.44. The summed E-state index contributed by atoms with van der Waals surface area (Å²) in [5.74, 6) is -0.174. The zero-order chi connectivity index (χ0) is 23.3. The van der Waals surface area contributed by atoms with Crippen molar-refractivity contribution in [1.82, 2.24) is 19.7 Å². The van der Waals surface area contributed by atoms with E-state index in [9.17, 15) is 9.18 Å². The van der Waals surface area contributed by atoms with E-state index in [0.29, 0.717) is 0 Å². The first kappa shape index (κ1) is 21.9. The highest BCUT2D eigenvalue weighted by atomic mass is 35.5. The van der Waals surface area contributed by atoms with Gasteiger partial charge < -0.3 is 9.30 Å². The number of aromatic nitrogens is 4. The number of aromatic amines is 1. The van der Waals surface area contributed by atoms with Crippen LogP contribution >= 0.6 is 11.6 Å². The summed E-state index contributed by atoms with van der Waals surface area (Å²) in [6.45, 7) is 4.32. The molecule has 0 spiro atoms. The van der Waals surface area contributed by atoms with Crippen molar-refractivity contribution >= 4 is 39.6 Å². The molecule has 0 aliphatic heterocycles. The van der Waals surface area contributed by atoms with Crippen molar-refractivity contribution in [2.24, 2.45) is 5.92 Å². The first-order valence-corrected chi connectivity index (χ1v) is 11.7. The van der Waals surface area contributed by atoms with Gasteiger partial charge in [-0.2, -0.15) is 5.10 Å². The maximum atomic E-state index is 14.0. The van der Waals surface area contributed by atoms with E-state index in [1.165, 1.54) is 18.7 Å². The van der Waals surface area contributed by atoms with E-state index in [2.05, 4.69) is 34.7 Å². The van der Waals surface area contributed by atoms with Gasteiger partial charge in [0.2, 0.25) is 0 Å². The maximum absolute atomic E-state index is 14.0. The number of fused-ring (bicyclic) bond motifs is 2. The summed E-state index contributed by atoms with van der Waals surface area (Å²) in [5, 5.41) is 8.13. The summed E-state index contributed by atoms with van der Waals surface area (Å²) in [4.78, 5) is 17.0. The maximum Gasteiger partial charge on any atom is 0.308 e. The molecule has 1 aromatic carbocycles. The molecule has 5 rings (SSSR count). The van der Waals surface area contributed by atoms with Gasteiger partial charge in [0.1, 0.15) is 5.82 Å². The van der Waals surface area contributed by atoms with Crippen LogP contribution in [0, 0.1) is 11.7 Å². The lowest BCUT2D eigenvalue weighted by molar-refractivity contribution is -0.146. The number of nitrogens with one attached hydrogen (secondary N) is 1. The van der Waals surface area contributed by atoms with Gasteiger partial charge in [0.25, 0.3) is 0 Å². The Morgan fingerprint density at radius 3 is 2.67 bits per heavy atom. The highest BCUT2D eigenvalue weighted by Gasteiger charge is 2.33. The third kappa shape index (κ3) is 3.68. The van der Waals surface area contributed by atoms with Crippen molar-refractivity contribution in [3.05, 3.63) is 52.6 Å². The number of carbonyl (C=O) groups is 1. The minimum Gasteiger partial charge on any atom is -0.469 e. The van der Waals surface area contributed by atoms with Crippen molar-refractivity contribution in [3.63, 3.8) is 0 Å². The van der Waals surface area contributed by atoms with Crippen LogP contribution in [0.1, 0.15) is 62.6 Å². The third-order valence-corrected chi connectivity index (χ3v) is 7.09. The smallest absolute Gasteiger partial charge is 0.308 e. The molecule has 0 unspecified atom stereocenters. The van der Waals surface area contributed by atoms with Crippen LogP contribution in [0.3, 0.4) is 0 Å². The van der Waals surface area contributed by atoms with Gasteiger partial charge in [0, 0.05) is 22.3 Å². The second-order valence-electron chi connectivity index (χ2n) is 9.12. The van der Waals surface area contributed by atoms with Crippen LogP contribution in [0.5, 0.6) is 0 Å². The molecule has 0 radical (unpaired) electrons. The first-order valence-electron chi connectivity index (χ1n) is 11.3. The largest absolute Gasteiger partial charge is 0.469 e. The number of pyridine rings is 1. The van der Waals surface area contributed by atoms with Crippen LogP contribution in [-0.2, 0) is 9.53 Å². The van der Waals surface area contributed by atoms with Crippen LogP contribution in [0.4, 0.5) is 4.39 Å². The number of benzene rings is 1. The van der Waals surface area contributed by atoms with Gasteiger partial charge in [-0.3, -0.25) is 9.89 Å². The number of hydrogen-bond acceptors (Lipinski definition) is 4. The number of rotatable bonds is 4. The molecule has 6 nitrogen and oxygen atoms in total. The molecule has 1 aliphatic rings. The summed E-state index contributed by atoms with van der Waals surface area (Å²) < 4.78 is 21.1. The molecule has 33 heavy (non-hydrogen) atoms. The minimum absolute atomic E-state index is 0.0507. The minimum atomic E-state index is -0.445. The summed E-state index contributed by atoms with van der Waals surface area (Å²) in [7, 11) is 1.45. The van der Waals surface area contributed by atoms with E-state index in [-0.39, 0.29) is 28.7 Å². The van der Waals surface area contributed by atoms with Gasteiger partial charge in [-0.25, -0.2) is 9.37 Å². The number of methoxy groups -OCH3 is 1. The van der Waals surface area contributed by atoms with Gasteiger partial charge in [0.15, 0.2) is 5.65 Å². The molecule has 0 saturated heterocycles. The lowest BCUT2D eigenvalue weighted by Gasteiger charge is -2.28. The molecule has 3 heterocycles. The Labute approximate surface area is 196 Å². The number of esters is 1. The van der Waals surface area contributed by atoms with E-state index in [4.69, 9.17) is 21.3 Å². The number of nitrogens with zero attached hydrogens (tertiary/aromatic N) is 3. The number of carbonyl (C=O) groups excluding carboxylic acids is 1. The standard InChI is InChI=1S/C25H26ClFN4O2/c1-13(2)23-21(14-4-6-15(7-5-14)25(32)33-3)22-20(10-16-12-28-30-24(16)29-22)31(23)17-8-9-19(27)18(26)11-17/h8-15H,4-7H2,1-3H3,(H,28,29,30). The summed E-state index contributed by atoms with van der Waals surface area (Å²) >= 11 is 6.18. The molecule has 3 aromatic heterocycles. The second-order valence-corrected chi connectivity index (χ2v) is 9.53. The van der Waals surface area contributed by atoms with Crippen molar-refractivity contribution in [1.29, 1.82) is 0 Å². The monoisotopic (exact) mass is 468 g/mol. The molecular weight excluding hydrogens is 443 g/mol. The molecule has 1 aliphatic carbocycles. The Morgan fingerprint density at radius 1 is 1.24 bits per heavy atom. The fourth-order valence-electron chi connectivity index (χ4n) is 5.27. The van der Waals surface area contributed by atoms with Gasteiger partial charge in [-0.1, -0.05) is 25.4 Å². The van der Waals surface area contributed by atoms with Gasteiger partial charge in [-0.15, -0.1) is 0 Å². The topological polar surface area (TPSA) is 72.8 Å². The molecule has 1 saturated carbocycles. The van der Waals surface area contributed by atoms with Crippen molar-refractivity contribution < 1.29 is 13.9 Å². The van der Waals surface area contributed by atoms with Crippen molar-refractivity contribution in [2.75, 3.05) is 7.11 Å². The summed E-state index contributed by atoms with van der Waals surface area (Å²) in [5.41, 5.74) is 5.73. The van der Waals surface area contributed by atoms with E-state index < -0.39 is 5.82 Å². The molecule has 172 valence electrons. The van der Waals surface area contributed by atoms with Gasteiger partial charge in [-0.05, 0) is 61.8 Å². The van der Waals surface area contributed by atoms with Crippen molar-refractivity contribution in [2.45, 2.75) is 51.4 Å². The number of H-pyrrole nitrogens is 1. The number of halogens is 2. The Bertz CT molecular complexity index is 1350. The summed E-state index contributed by atoms with van der Waals surface area (Å²) in [6, 6.07) is 6.90. The zero-order valence-electron chi connectivity index (χ0n) is 18.9. The molecule has 0 atom stereocenters. The first-order chi connectivity index (χ1) is 15.9. The molecule has 1 fully saturated rings. The SMILES string of the molecule is COC(=O)C1CCC(c2c(C(C)C)n(-c3ccc(F)c(Cl)c3)c3cc4cn[nH]c4nc23)CC1. The van der Waals surface area contributed by atoms with Crippen LogP contribution in [0.2, 0.25) is 5.02 Å². The van der Waals surface area contributed by atoms with E-state index in [1.54, 1.807) is 18.3 Å². The predicted molar refractivity (Wildman–Crippen MR) is 126 cm³/mol. The predicted octanol–water partition coefficient (Wildman–Crippen LogP) is 6.26. The third-order valence-electron chi connectivity index (χ3n) is 6.80. The van der Waals surface area contributed by atoms with Crippen LogP contribution < -0.4 is 0 Å². The van der Waals surface area contributed by atoms with Crippen LogP contribution in [-0.4, -0.2) is 32.8 Å². The van der Waals surface area contributed by atoms with Crippen molar-refractivity contribution in [3.8, 4) is 5.69 Å². The van der Waals surface area contributed by atoms with Crippen LogP contribution in [0.25, 0.3) is 27.8 Å². The highest BCUT2D eigenvalue weighted by molar-refractivity contribution is 6.30. The average molecular weight is 469 g/mol. The summed E-state index contributed by atoms with van der Waals surface area (Å²) in [6.07, 6.45) is 5.09. The van der Waals surface area contributed by atoms with E-state index in [1.807, 2.05) is 0 Å². The number of hydrogen-bond donors (Lipinski definition) is 1. The Balaban J connectivity index is 1.73. The number of ether oxygens (including phenoxy) is 1. The second kappa shape index (κ2) is 8.45. The van der Waals surface area contributed by atoms with Gasteiger partial charge >= 0.3 is 5.97 Å². The lowest BCUT2D eigenvalue weighted by Crippen LogP contribution is -2.22. The van der Waals surface area contributed by atoms with Gasteiger partial charge in [0.05, 0.1) is 35.3 Å². The Kier molecular flexibility index (Phi) is 5.60. The lowest BCUT2D eigenvalue weighted by atomic mass is 9.77.